The fourth-order valence-corrected chi connectivity index (χ4v) is 3.34. The Kier molecular flexibility index (Phi) is 4.42. The van der Waals surface area contributed by atoms with E-state index in [0.717, 1.165) is 46.8 Å². The van der Waals surface area contributed by atoms with Crippen molar-refractivity contribution in [1.82, 2.24) is 9.97 Å². The molecule has 1 aliphatic rings. The van der Waals surface area contributed by atoms with Gasteiger partial charge in [0.2, 0.25) is 0 Å². The molecule has 1 saturated carbocycles. The summed E-state index contributed by atoms with van der Waals surface area (Å²) in [5, 5.41) is 0. The molecule has 3 aromatic rings. The maximum Gasteiger partial charge on any atom is 0.168 e. The number of H-pyrrole nitrogens is 1. The highest BCUT2D eigenvalue weighted by Gasteiger charge is 2.19. The number of aromatic amines is 1. The number of fused-ring (bicyclic) bond motifs is 1. The lowest BCUT2D eigenvalue weighted by atomic mass is 10.1. The summed E-state index contributed by atoms with van der Waals surface area (Å²) in [4.78, 5) is 7.91. The van der Waals surface area contributed by atoms with Crippen LogP contribution in [0.1, 0.15) is 37.1 Å². The second-order valence-corrected chi connectivity index (χ2v) is 6.38. The first-order valence-electron chi connectivity index (χ1n) is 8.80. The predicted molar refractivity (Wildman–Crippen MR) is 101 cm³/mol. The van der Waals surface area contributed by atoms with Crippen LogP contribution in [-0.4, -0.2) is 23.2 Å². The molecule has 1 aliphatic carbocycles. The van der Waals surface area contributed by atoms with Crippen LogP contribution in [-0.2, 0) is 0 Å². The summed E-state index contributed by atoms with van der Waals surface area (Å²) in [6, 6.07) is 14.0. The van der Waals surface area contributed by atoms with Gasteiger partial charge in [0, 0.05) is 5.56 Å². The molecule has 0 spiro atoms. The smallest absolute Gasteiger partial charge is 0.168 e. The van der Waals surface area contributed by atoms with Gasteiger partial charge in [-0.25, -0.2) is 4.98 Å². The Bertz CT molecular complexity index is 859. The Morgan fingerprint density at radius 2 is 1.88 bits per heavy atom. The van der Waals surface area contributed by atoms with E-state index in [0.29, 0.717) is 0 Å². The van der Waals surface area contributed by atoms with Gasteiger partial charge in [-0.2, -0.15) is 0 Å². The fourth-order valence-electron chi connectivity index (χ4n) is 3.34. The van der Waals surface area contributed by atoms with E-state index in [4.69, 9.17) is 9.47 Å². The number of methoxy groups -OCH3 is 1. The minimum atomic E-state index is 0.287. The predicted octanol–water partition coefficient (Wildman–Crippen LogP) is 5.06. The number of ether oxygens (including phenoxy) is 2. The highest BCUT2D eigenvalue weighted by Crippen LogP contribution is 2.35. The molecule has 1 heterocycles. The monoisotopic (exact) mass is 334 g/mol. The first-order chi connectivity index (χ1) is 12.3. The molecule has 0 unspecified atom stereocenters. The van der Waals surface area contributed by atoms with Crippen LogP contribution in [0.25, 0.3) is 23.2 Å². The van der Waals surface area contributed by atoms with Gasteiger partial charge in [0.05, 0.1) is 24.2 Å². The van der Waals surface area contributed by atoms with Gasteiger partial charge in [-0.15, -0.1) is 0 Å². The third kappa shape index (κ3) is 3.38. The third-order valence-corrected chi connectivity index (χ3v) is 4.64. The lowest BCUT2D eigenvalue weighted by Crippen LogP contribution is -2.12. The van der Waals surface area contributed by atoms with E-state index in [-0.39, 0.29) is 6.10 Å². The summed E-state index contributed by atoms with van der Waals surface area (Å²) in [5.74, 6) is 2.43. The molecule has 4 rings (SSSR count). The second-order valence-electron chi connectivity index (χ2n) is 6.38. The highest BCUT2D eigenvalue weighted by molar-refractivity contribution is 5.79. The number of nitrogens with zero attached hydrogens (tertiary/aromatic N) is 1. The van der Waals surface area contributed by atoms with Gasteiger partial charge in [0.1, 0.15) is 5.82 Å². The Balaban J connectivity index is 1.64. The van der Waals surface area contributed by atoms with Crippen LogP contribution >= 0.6 is 0 Å². The van der Waals surface area contributed by atoms with Gasteiger partial charge < -0.3 is 14.5 Å². The minimum Gasteiger partial charge on any atom is -0.493 e. The zero-order chi connectivity index (χ0) is 17.1. The molecule has 4 heteroatoms. The molecule has 0 amide bonds. The lowest BCUT2D eigenvalue weighted by molar-refractivity contribution is 0.200. The van der Waals surface area contributed by atoms with E-state index in [1.807, 2.05) is 54.6 Å². The summed E-state index contributed by atoms with van der Waals surface area (Å²) in [7, 11) is 1.68. The van der Waals surface area contributed by atoms with Gasteiger partial charge in [-0.1, -0.05) is 24.3 Å². The lowest BCUT2D eigenvalue weighted by Gasteiger charge is -2.18. The Hall–Kier alpha value is -2.75. The Morgan fingerprint density at radius 3 is 2.68 bits per heavy atom. The zero-order valence-corrected chi connectivity index (χ0v) is 14.4. The SMILES string of the molecule is COc1cccc(/C=C/c2nc3ccccc3[nH]2)c1OC1CCCC1. The van der Waals surface area contributed by atoms with Crippen LogP contribution in [0, 0.1) is 0 Å². The van der Waals surface area contributed by atoms with Crippen LogP contribution in [0.4, 0.5) is 0 Å². The average molecular weight is 334 g/mol. The molecule has 128 valence electrons. The first kappa shape index (κ1) is 15.8. The van der Waals surface area contributed by atoms with E-state index >= 15 is 0 Å². The molecule has 1 fully saturated rings. The van der Waals surface area contributed by atoms with Gasteiger partial charge in [0.25, 0.3) is 0 Å². The van der Waals surface area contributed by atoms with Crippen molar-refractivity contribution >= 4 is 23.2 Å². The fraction of sp³-hybridized carbons (Fsp3) is 0.286. The van der Waals surface area contributed by atoms with Crippen LogP contribution in [0.3, 0.4) is 0 Å². The number of imidazole rings is 1. The largest absolute Gasteiger partial charge is 0.493 e. The van der Waals surface area contributed by atoms with E-state index in [1.165, 1.54) is 12.8 Å². The number of aromatic nitrogens is 2. The maximum atomic E-state index is 6.27. The van der Waals surface area contributed by atoms with E-state index in [9.17, 15) is 0 Å². The van der Waals surface area contributed by atoms with Gasteiger partial charge in [-0.05, 0) is 56.0 Å². The van der Waals surface area contributed by atoms with Crippen LogP contribution in [0.15, 0.2) is 42.5 Å². The standard InChI is InChI=1S/C21H22N2O2/c1-24-19-12-6-7-15(21(19)25-16-8-2-3-9-16)13-14-20-22-17-10-4-5-11-18(17)23-20/h4-7,10-14,16H,2-3,8-9H2,1H3,(H,22,23)/b14-13+. The molecule has 2 aromatic carbocycles. The number of hydrogen-bond acceptors (Lipinski definition) is 3. The second kappa shape index (κ2) is 7.01. The molecule has 0 aliphatic heterocycles. The first-order valence-corrected chi connectivity index (χ1v) is 8.80. The molecule has 4 nitrogen and oxygen atoms in total. The van der Waals surface area contributed by atoms with Crippen molar-refractivity contribution in [3.05, 3.63) is 53.9 Å². The normalized spacial score (nSPS) is 15.2. The topological polar surface area (TPSA) is 47.1 Å². The van der Waals surface area contributed by atoms with Crippen LogP contribution in [0.5, 0.6) is 11.5 Å². The summed E-state index contributed by atoms with van der Waals surface area (Å²) < 4.78 is 11.8. The van der Waals surface area contributed by atoms with Crippen molar-refractivity contribution in [1.29, 1.82) is 0 Å². The van der Waals surface area contributed by atoms with E-state index in [1.54, 1.807) is 7.11 Å². The number of nitrogens with one attached hydrogen (secondary N) is 1. The molecule has 25 heavy (non-hydrogen) atoms. The van der Waals surface area contributed by atoms with E-state index in [2.05, 4.69) is 9.97 Å². The molecule has 0 saturated heterocycles. The van der Waals surface area contributed by atoms with Crippen LogP contribution < -0.4 is 9.47 Å². The molecule has 1 aromatic heterocycles. The number of hydrogen-bond donors (Lipinski definition) is 1. The van der Waals surface area contributed by atoms with Gasteiger partial charge in [-0.3, -0.25) is 0 Å². The Labute approximate surface area is 147 Å². The molecule has 0 bridgehead atoms. The molecule has 0 atom stereocenters. The third-order valence-electron chi connectivity index (χ3n) is 4.64. The quantitative estimate of drug-likeness (QED) is 0.709. The maximum absolute atomic E-state index is 6.27. The molecule has 1 N–H and O–H groups in total. The molecular weight excluding hydrogens is 312 g/mol. The van der Waals surface area contributed by atoms with Crippen molar-refractivity contribution in [2.24, 2.45) is 0 Å². The van der Waals surface area contributed by atoms with Crippen LogP contribution in [0.2, 0.25) is 0 Å². The number of para-hydroxylation sites is 3. The number of benzene rings is 2. The number of rotatable bonds is 5. The minimum absolute atomic E-state index is 0.287. The van der Waals surface area contributed by atoms with Gasteiger partial charge >= 0.3 is 0 Å². The van der Waals surface area contributed by atoms with E-state index < -0.39 is 0 Å². The van der Waals surface area contributed by atoms with Crippen molar-refractivity contribution in [2.45, 2.75) is 31.8 Å². The highest BCUT2D eigenvalue weighted by atomic mass is 16.5. The van der Waals surface area contributed by atoms with Gasteiger partial charge in [0.15, 0.2) is 11.5 Å². The van der Waals surface area contributed by atoms with Crippen molar-refractivity contribution in [3.63, 3.8) is 0 Å². The van der Waals surface area contributed by atoms with Crippen molar-refractivity contribution in [2.75, 3.05) is 7.11 Å². The van der Waals surface area contributed by atoms with Crippen molar-refractivity contribution < 1.29 is 9.47 Å². The summed E-state index contributed by atoms with van der Waals surface area (Å²) in [6.45, 7) is 0. The molecule has 0 radical (unpaired) electrons. The summed E-state index contributed by atoms with van der Waals surface area (Å²) in [6.07, 6.45) is 9.01. The summed E-state index contributed by atoms with van der Waals surface area (Å²) in [5.41, 5.74) is 3.01. The average Bonchev–Trinajstić information content (AvgIpc) is 3.29. The van der Waals surface area contributed by atoms with Crippen molar-refractivity contribution in [3.8, 4) is 11.5 Å². The molecular formula is C21H22N2O2. The summed E-state index contributed by atoms with van der Waals surface area (Å²) >= 11 is 0. The zero-order valence-electron chi connectivity index (χ0n) is 14.4. The Morgan fingerprint density at radius 1 is 1.04 bits per heavy atom.